The molecule has 1 saturated heterocycles. The molecule has 0 spiro atoms. The molecule has 2 atom stereocenters. The van der Waals surface area contributed by atoms with Gasteiger partial charge in [-0.25, -0.2) is 0 Å². The van der Waals surface area contributed by atoms with Gasteiger partial charge < -0.3 is 10.2 Å². The maximum atomic E-state index is 12.4. The third-order valence-electron chi connectivity index (χ3n) is 4.42. The number of likely N-dealkylation sites (N-methyl/N-ethyl adjacent to an activating group) is 1. The highest BCUT2D eigenvalue weighted by Gasteiger charge is 2.30. The largest absolute Gasteiger partial charge is 0.344 e. The molecule has 1 saturated carbocycles. The lowest BCUT2D eigenvalue weighted by Gasteiger charge is -2.33. The van der Waals surface area contributed by atoms with Gasteiger partial charge in [0.1, 0.15) is 0 Å². The molecule has 0 aromatic heterocycles. The zero-order chi connectivity index (χ0) is 12.3. The summed E-state index contributed by atoms with van der Waals surface area (Å²) in [6.45, 7) is 4.15. The molecule has 2 fully saturated rings. The number of hydrogen-bond acceptors (Lipinski definition) is 2. The second-order valence-corrected chi connectivity index (χ2v) is 5.92. The van der Waals surface area contributed by atoms with Crippen molar-refractivity contribution < 1.29 is 4.79 Å². The van der Waals surface area contributed by atoms with Crippen molar-refractivity contribution in [1.82, 2.24) is 10.2 Å². The molecule has 0 radical (unpaired) electrons. The van der Waals surface area contributed by atoms with Crippen molar-refractivity contribution in [1.29, 1.82) is 0 Å². The lowest BCUT2D eigenvalue weighted by molar-refractivity contribution is -0.134. The summed E-state index contributed by atoms with van der Waals surface area (Å²) in [5.41, 5.74) is 0. The fraction of sp³-hybridized carbons (Fsp3) is 0.929. The van der Waals surface area contributed by atoms with Gasteiger partial charge in [0, 0.05) is 13.6 Å². The van der Waals surface area contributed by atoms with Gasteiger partial charge >= 0.3 is 0 Å². The zero-order valence-electron chi connectivity index (χ0n) is 11.2. The van der Waals surface area contributed by atoms with E-state index in [4.69, 9.17) is 0 Å². The SMILES string of the molecule is CC1CCCNC1C(=O)N(C)CC1CCCC1. The highest BCUT2D eigenvalue weighted by Crippen LogP contribution is 2.26. The Bertz CT molecular complexity index is 261. The van der Waals surface area contributed by atoms with Gasteiger partial charge in [-0.05, 0) is 44.1 Å². The van der Waals surface area contributed by atoms with Crippen molar-refractivity contribution >= 4 is 5.91 Å². The van der Waals surface area contributed by atoms with Crippen LogP contribution in [-0.4, -0.2) is 37.0 Å². The van der Waals surface area contributed by atoms with E-state index in [9.17, 15) is 4.79 Å². The minimum Gasteiger partial charge on any atom is -0.344 e. The van der Waals surface area contributed by atoms with Gasteiger partial charge in [-0.1, -0.05) is 19.8 Å². The minimum atomic E-state index is 0.0650. The highest BCUT2D eigenvalue weighted by atomic mass is 16.2. The summed E-state index contributed by atoms with van der Waals surface area (Å²) in [6.07, 6.45) is 7.71. The Kier molecular flexibility index (Phi) is 4.43. The first-order valence-corrected chi connectivity index (χ1v) is 7.17. The number of rotatable bonds is 3. The molecule has 0 bridgehead atoms. The van der Waals surface area contributed by atoms with Crippen molar-refractivity contribution in [2.75, 3.05) is 20.1 Å². The van der Waals surface area contributed by atoms with Crippen LogP contribution in [0.15, 0.2) is 0 Å². The number of carbonyl (C=O) groups excluding carboxylic acids is 1. The van der Waals surface area contributed by atoms with E-state index >= 15 is 0 Å². The normalized spacial score (nSPS) is 30.5. The topological polar surface area (TPSA) is 32.3 Å². The zero-order valence-corrected chi connectivity index (χ0v) is 11.2. The quantitative estimate of drug-likeness (QED) is 0.816. The number of nitrogens with one attached hydrogen (secondary N) is 1. The van der Waals surface area contributed by atoms with Gasteiger partial charge in [0.2, 0.25) is 5.91 Å². The predicted octanol–water partition coefficient (Wildman–Crippen LogP) is 2.02. The molecule has 17 heavy (non-hydrogen) atoms. The third kappa shape index (κ3) is 3.21. The summed E-state index contributed by atoms with van der Waals surface area (Å²) in [5, 5.41) is 3.38. The first kappa shape index (κ1) is 12.9. The fourth-order valence-electron chi connectivity index (χ4n) is 3.29. The first-order chi connectivity index (χ1) is 8.18. The van der Waals surface area contributed by atoms with Crippen LogP contribution >= 0.6 is 0 Å². The maximum absolute atomic E-state index is 12.4. The van der Waals surface area contributed by atoms with E-state index < -0.39 is 0 Å². The molecular weight excluding hydrogens is 212 g/mol. The Balaban J connectivity index is 1.84. The molecule has 0 aromatic rings. The van der Waals surface area contributed by atoms with Crippen LogP contribution in [0.3, 0.4) is 0 Å². The summed E-state index contributed by atoms with van der Waals surface area (Å²) in [7, 11) is 1.98. The molecule has 3 nitrogen and oxygen atoms in total. The average Bonchev–Trinajstić information content (AvgIpc) is 2.81. The summed E-state index contributed by atoms with van der Waals surface area (Å²) >= 11 is 0. The molecule has 1 aliphatic carbocycles. The van der Waals surface area contributed by atoms with Crippen molar-refractivity contribution in [2.24, 2.45) is 11.8 Å². The molecule has 1 N–H and O–H groups in total. The van der Waals surface area contributed by atoms with Gasteiger partial charge in [0.25, 0.3) is 0 Å². The molecule has 2 unspecified atom stereocenters. The van der Waals surface area contributed by atoms with Crippen LogP contribution in [-0.2, 0) is 4.79 Å². The second kappa shape index (κ2) is 5.85. The average molecular weight is 238 g/mol. The Hall–Kier alpha value is -0.570. The van der Waals surface area contributed by atoms with E-state index in [1.165, 1.54) is 38.5 Å². The smallest absolute Gasteiger partial charge is 0.239 e. The number of piperidine rings is 1. The van der Waals surface area contributed by atoms with E-state index in [0.29, 0.717) is 11.8 Å². The molecule has 1 heterocycles. The number of amides is 1. The van der Waals surface area contributed by atoms with E-state index in [1.807, 2.05) is 11.9 Å². The number of hydrogen-bond donors (Lipinski definition) is 1. The van der Waals surface area contributed by atoms with E-state index in [2.05, 4.69) is 12.2 Å². The van der Waals surface area contributed by atoms with E-state index in [0.717, 1.165) is 19.0 Å². The molecular formula is C14H26N2O. The van der Waals surface area contributed by atoms with Crippen LogP contribution in [0.2, 0.25) is 0 Å². The fourth-order valence-corrected chi connectivity index (χ4v) is 3.29. The number of carbonyl (C=O) groups is 1. The lowest BCUT2D eigenvalue weighted by Crippen LogP contribution is -2.52. The monoisotopic (exact) mass is 238 g/mol. The summed E-state index contributed by atoms with van der Waals surface area (Å²) < 4.78 is 0. The van der Waals surface area contributed by atoms with Crippen molar-refractivity contribution in [3.05, 3.63) is 0 Å². The molecule has 0 aromatic carbocycles. The van der Waals surface area contributed by atoms with Crippen LogP contribution < -0.4 is 5.32 Å². The van der Waals surface area contributed by atoms with Crippen molar-refractivity contribution in [3.8, 4) is 0 Å². The summed E-state index contributed by atoms with van der Waals surface area (Å²) in [4.78, 5) is 14.3. The Labute approximate surface area is 105 Å². The van der Waals surface area contributed by atoms with Gasteiger partial charge in [-0.3, -0.25) is 4.79 Å². The molecule has 1 aliphatic heterocycles. The van der Waals surface area contributed by atoms with Crippen molar-refractivity contribution in [3.63, 3.8) is 0 Å². The van der Waals surface area contributed by atoms with E-state index in [1.54, 1.807) is 0 Å². The van der Waals surface area contributed by atoms with Gasteiger partial charge in [0.05, 0.1) is 6.04 Å². The van der Waals surface area contributed by atoms with Gasteiger partial charge in [-0.2, -0.15) is 0 Å². The molecule has 98 valence electrons. The Morgan fingerprint density at radius 3 is 2.59 bits per heavy atom. The second-order valence-electron chi connectivity index (χ2n) is 5.92. The lowest BCUT2D eigenvalue weighted by atomic mass is 9.91. The third-order valence-corrected chi connectivity index (χ3v) is 4.42. The van der Waals surface area contributed by atoms with Crippen LogP contribution in [0.25, 0.3) is 0 Å². The van der Waals surface area contributed by atoms with Crippen LogP contribution in [0, 0.1) is 11.8 Å². The Morgan fingerprint density at radius 2 is 1.94 bits per heavy atom. The van der Waals surface area contributed by atoms with Gasteiger partial charge in [-0.15, -0.1) is 0 Å². The predicted molar refractivity (Wildman–Crippen MR) is 69.8 cm³/mol. The maximum Gasteiger partial charge on any atom is 0.239 e. The van der Waals surface area contributed by atoms with Crippen LogP contribution in [0.5, 0.6) is 0 Å². The number of nitrogens with zero attached hydrogens (tertiary/aromatic N) is 1. The highest BCUT2D eigenvalue weighted by molar-refractivity contribution is 5.82. The molecule has 2 rings (SSSR count). The van der Waals surface area contributed by atoms with Crippen molar-refractivity contribution in [2.45, 2.75) is 51.5 Å². The van der Waals surface area contributed by atoms with E-state index in [-0.39, 0.29) is 6.04 Å². The first-order valence-electron chi connectivity index (χ1n) is 7.17. The molecule has 2 aliphatic rings. The van der Waals surface area contributed by atoms with Gasteiger partial charge in [0.15, 0.2) is 0 Å². The standard InChI is InChI=1S/C14H26N2O/c1-11-6-5-9-15-13(11)14(17)16(2)10-12-7-3-4-8-12/h11-13,15H,3-10H2,1-2H3. The van der Waals surface area contributed by atoms with Crippen LogP contribution in [0.1, 0.15) is 45.4 Å². The van der Waals surface area contributed by atoms with Crippen LogP contribution in [0.4, 0.5) is 0 Å². The molecule has 3 heteroatoms. The molecule has 1 amide bonds. The Morgan fingerprint density at radius 1 is 1.24 bits per heavy atom. The summed E-state index contributed by atoms with van der Waals surface area (Å²) in [6, 6.07) is 0.0650. The minimum absolute atomic E-state index is 0.0650. The summed E-state index contributed by atoms with van der Waals surface area (Å²) in [5.74, 6) is 1.55.